The molecule has 5 heteroatoms. The number of carbonyl (C=O) groups excluding carboxylic acids is 1. The van der Waals surface area contributed by atoms with E-state index >= 15 is 0 Å². The third kappa shape index (κ3) is 8.45. The molecule has 2 N–H and O–H groups in total. The first kappa shape index (κ1) is 23.7. The van der Waals surface area contributed by atoms with Crippen molar-refractivity contribution >= 4 is 5.97 Å². The summed E-state index contributed by atoms with van der Waals surface area (Å²) in [6.07, 6.45) is 6.54. The average Bonchev–Trinajstić information content (AvgIpc) is 2.92. The largest absolute Gasteiger partial charge is 0.469 e. The first-order chi connectivity index (χ1) is 12.9. The van der Waals surface area contributed by atoms with Gasteiger partial charge in [0.05, 0.1) is 19.3 Å². The molecule has 0 aromatic rings. The minimum absolute atomic E-state index is 0.00156. The standard InChI is InChI=1S/C22H35FO4/c1-4-5-10-16(2)20(24)14-13-18-17(19(23)15-21(18)25)11-8-6-7-9-12-22(26)27-3/h13-14,16-21,24-25H,6-12,15H2,1-3H3/t16-,17+,18+,19+,20+,21+/m0/s1. The quantitative estimate of drug-likeness (QED) is 0.247. The molecule has 0 spiro atoms. The minimum Gasteiger partial charge on any atom is -0.469 e. The summed E-state index contributed by atoms with van der Waals surface area (Å²) < 4.78 is 18.9. The van der Waals surface area contributed by atoms with Crippen LogP contribution in [-0.2, 0) is 9.53 Å². The number of halogens is 1. The number of alkyl halides is 1. The number of aliphatic hydroxyl groups excluding tert-OH is 2. The Morgan fingerprint density at radius 2 is 2.04 bits per heavy atom. The van der Waals surface area contributed by atoms with Gasteiger partial charge in [0.1, 0.15) is 6.17 Å². The highest BCUT2D eigenvalue weighted by atomic mass is 19.1. The van der Waals surface area contributed by atoms with Gasteiger partial charge in [-0.2, -0.15) is 0 Å². The van der Waals surface area contributed by atoms with E-state index < -0.39 is 18.4 Å². The van der Waals surface area contributed by atoms with Gasteiger partial charge in [0.25, 0.3) is 0 Å². The van der Waals surface area contributed by atoms with Gasteiger partial charge in [-0.3, -0.25) is 4.79 Å². The lowest BCUT2D eigenvalue weighted by atomic mass is 9.87. The van der Waals surface area contributed by atoms with Crippen LogP contribution in [0, 0.1) is 29.6 Å². The Balaban J connectivity index is 2.45. The summed E-state index contributed by atoms with van der Waals surface area (Å²) in [7, 11) is 1.39. The van der Waals surface area contributed by atoms with E-state index in [1.165, 1.54) is 7.11 Å². The monoisotopic (exact) mass is 382 g/mol. The number of carbonyl (C=O) groups is 1. The second-order valence-electron chi connectivity index (χ2n) is 7.57. The van der Waals surface area contributed by atoms with Gasteiger partial charge in [-0.1, -0.05) is 38.3 Å². The summed E-state index contributed by atoms with van der Waals surface area (Å²) >= 11 is 0. The van der Waals surface area contributed by atoms with Crippen LogP contribution in [0.2, 0.25) is 0 Å². The van der Waals surface area contributed by atoms with E-state index in [9.17, 15) is 19.4 Å². The van der Waals surface area contributed by atoms with Crippen LogP contribution in [-0.4, -0.2) is 41.7 Å². The van der Waals surface area contributed by atoms with Gasteiger partial charge in [0.2, 0.25) is 0 Å². The highest BCUT2D eigenvalue weighted by Gasteiger charge is 2.40. The lowest BCUT2D eigenvalue weighted by Crippen LogP contribution is -2.21. The molecule has 1 saturated carbocycles. The Morgan fingerprint density at radius 1 is 1.33 bits per heavy atom. The average molecular weight is 383 g/mol. The Morgan fingerprint density at radius 3 is 2.70 bits per heavy atom. The van der Waals surface area contributed by atoms with Gasteiger partial charge in [0.15, 0.2) is 0 Å². The van der Waals surface area contributed by atoms with Gasteiger partial charge in [0, 0.05) is 25.2 Å². The van der Waals surface area contributed by atoms with Gasteiger partial charge in [-0.05, 0) is 31.6 Å². The second-order valence-corrected chi connectivity index (χ2v) is 7.57. The fraction of sp³-hybridized carbons (Fsp3) is 0.773. The van der Waals surface area contributed by atoms with Gasteiger partial charge in [-0.15, -0.1) is 11.8 Å². The number of unbranched alkanes of at least 4 members (excludes halogenated alkanes) is 3. The third-order valence-corrected chi connectivity index (χ3v) is 5.48. The van der Waals surface area contributed by atoms with Crippen LogP contribution in [0.15, 0.2) is 12.2 Å². The molecule has 1 fully saturated rings. The fourth-order valence-corrected chi connectivity index (χ4v) is 3.65. The maximum absolute atomic E-state index is 14.3. The molecule has 1 aliphatic rings. The Bertz CT molecular complexity index is 522. The van der Waals surface area contributed by atoms with Crippen molar-refractivity contribution in [3.05, 3.63) is 12.2 Å². The number of ether oxygens (including phenoxy) is 1. The van der Waals surface area contributed by atoms with Crippen LogP contribution in [0.25, 0.3) is 0 Å². The zero-order chi connectivity index (χ0) is 20.2. The Kier molecular flexibility index (Phi) is 11.3. The van der Waals surface area contributed by atoms with Crippen molar-refractivity contribution in [1.29, 1.82) is 0 Å². The van der Waals surface area contributed by atoms with Crippen LogP contribution in [0.3, 0.4) is 0 Å². The van der Waals surface area contributed by atoms with Crippen molar-refractivity contribution in [2.75, 3.05) is 7.11 Å². The fourth-order valence-electron chi connectivity index (χ4n) is 3.65. The van der Waals surface area contributed by atoms with E-state index in [0.717, 1.165) is 25.7 Å². The molecule has 0 aromatic carbocycles. The van der Waals surface area contributed by atoms with Crippen LogP contribution in [0.4, 0.5) is 4.39 Å². The van der Waals surface area contributed by atoms with E-state index in [0.29, 0.717) is 19.3 Å². The summed E-state index contributed by atoms with van der Waals surface area (Å²) in [4.78, 5) is 11.1. The van der Waals surface area contributed by atoms with Gasteiger partial charge >= 0.3 is 5.97 Å². The molecule has 1 rings (SSSR count). The first-order valence-corrected chi connectivity index (χ1v) is 10.1. The van der Waals surface area contributed by atoms with Crippen LogP contribution in [0.1, 0.15) is 65.2 Å². The van der Waals surface area contributed by atoms with E-state index in [4.69, 9.17) is 0 Å². The number of aliphatic hydroxyl groups is 2. The molecule has 154 valence electrons. The number of methoxy groups -OCH3 is 1. The van der Waals surface area contributed by atoms with Crippen molar-refractivity contribution in [3.8, 4) is 11.8 Å². The maximum atomic E-state index is 14.3. The van der Waals surface area contributed by atoms with E-state index in [1.807, 2.05) is 6.92 Å². The molecule has 1 aliphatic carbocycles. The molecule has 0 aromatic heterocycles. The van der Waals surface area contributed by atoms with Crippen molar-refractivity contribution in [2.24, 2.45) is 17.8 Å². The molecule has 4 nitrogen and oxygen atoms in total. The first-order valence-electron chi connectivity index (χ1n) is 10.1. The third-order valence-electron chi connectivity index (χ3n) is 5.48. The Labute approximate surface area is 163 Å². The number of hydrogen-bond donors (Lipinski definition) is 2. The van der Waals surface area contributed by atoms with E-state index in [2.05, 4.69) is 16.6 Å². The van der Waals surface area contributed by atoms with Crippen LogP contribution >= 0.6 is 0 Å². The molecule has 0 heterocycles. The zero-order valence-electron chi connectivity index (χ0n) is 16.9. The molecule has 0 radical (unpaired) electrons. The second kappa shape index (κ2) is 12.9. The molecule has 0 bridgehead atoms. The number of rotatable bonds is 11. The molecule has 0 saturated heterocycles. The topological polar surface area (TPSA) is 66.8 Å². The predicted molar refractivity (Wildman–Crippen MR) is 105 cm³/mol. The molecule has 6 atom stereocenters. The molecule has 27 heavy (non-hydrogen) atoms. The smallest absolute Gasteiger partial charge is 0.305 e. The molecule has 0 unspecified atom stereocenters. The van der Waals surface area contributed by atoms with Crippen molar-refractivity contribution < 1.29 is 24.1 Å². The highest BCUT2D eigenvalue weighted by molar-refractivity contribution is 5.68. The molecular weight excluding hydrogens is 347 g/mol. The van der Waals surface area contributed by atoms with E-state index in [-0.39, 0.29) is 30.1 Å². The SMILES string of the molecule is CC#CC[C@H](C)[C@H](O)C=C[C@@H]1[C@@H](CCCCCCC(=O)OC)[C@H](F)C[C@H]1O. The number of esters is 1. The summed E-state index contributed by atoms with van der Waals surface area (Å²) in [6, 6.07) is 0. The molecule has 0 aliphatic heterocycles. The van der Waals surface area contributed by atoms with Crippen molar-refractivity contribution in [1.82, 2.24) is 0 Å². The summed E-state index contributed by atoms with van der Waals surface area (Å²) in [6.45, 7) is 3.69. The summed E-state index contributed by atoms with van der Waals surface area (Å²) in [5.41, 5.74) is 0. The predicted octanol–water partition coefficient (Wildman–Crippen LogP) is 3.80. The van der Waals surface area contributed by atoms with E-state index in [1.54, 1.807) is 19.1 Å². The number of hydrogen-bond acceptors (Lipinski definition) is 4. The van der Waals surface area contributed by atoms with Crippen molar-refractivity contribution in [2.45, 2.75) is 83.6 Å². The maximum Gasteiger partial charge on any atom is 0.305 e. The highest BCUT2D eigenvalue weighted by Crippen LogP contribution is 2.39. The normalized spacial score (nSPS) is 27.2. The summed E-state index contributed by atoms with van der Waals surface area (Å²) in [5.74, 6) is 5.11. The Hall–Kier alpha value is -1.38. The van der Waals surface area contributed by atoms with Crippen LogP contribution in [0.5, 0.6) is 0 Å². The van der Waals surface area contributed by atoms with Gasteiger partial charge < -0.3 is 14.9 Å². The lowest BCUT2D eigenvalue weighted by molar-refractivity contribution is -0.140. The minimum atomic E-state index is -1.01. The summed E-state index contributed by atoms with van der Waals surface area (Å²) in [5, 5.41) is 20.4. The zero-order valence-corrected chi connectivity index (χ0v) is 16.9. The van der Waals surface area contributed by atoms with Gasteiger partial charge in [-0.25, -0.2) is 4.39 Å². The molecule has 0 amide bonds. The molecular formula is C22H35FO4. The van der Waals surface area contributed by atoms with Crippen LogP contribution < -0.4 is 0 Å². The lowest BCUT2D eigenvalue weighted by Gasteiger charge is -2.21. The van der Waals surface area contributed by atoms with Crippen molar-refractivity contribution in [3.63, 3.8) is 0 Å².